The number of nitrogens with one attached hydrogen (secondary N) is 1. The molecule has 0 spiro atoms. The van der Waals surface area contributed by atoms with Crippen LogP contribution in [0.25, 0.3) is 0 Å². The molecule has 0 atom stereocenters. The Morgan fingerprint density at radius 3 is 2.65 bits per heavy atom. The first-order valence-corrected chi connectivity index (χ1v) is 6.87. The highest BCUT2D eigenvalue weighted by atomic mass is 79.9. The van der Waals surface area contributed by atoms with E-state index in [9.17, 15) is 4.79 Å². The standard InChI is InChI=1S/C14H16BrN3O2/c1-8-5-10(7-11(15)6-8)13(19)16-12-9(2)17-18(3)14(12)20-4/h5-7H,1-4H3,(H,16,19). The van der Waals surface area contributed by atoms with Gasteiger partial charge in [-0.2, -0.15) is 5.10 Å². The number of aromatic nitrogens is 2. The van der Waals surface area contributed by atoms with E-state index in [0.29, 0.717) is 22.8 Å². The number of amides is 1. The van der Waals surface area contributed by atoms with Crippen molar-refractivity contribution < 1.29 is 9.53 Å². The Balaban J connectivity index is 2.32. The number of hydrogen-bond acceptors (Lipinski definition) is 3. The predicted molar refractivity (Wildman–Crippen MR) is 81.3 cm³/mol. The van der Waals surface area contributed by atoms with E-state index in [2.05, 4.69) is 26.3 Å². The van der Waals surface area contributed by atoms with Crippen LogP contribution in [0.2, 0.25) is 0 Å². The molecule has 1 heterocycles. The summed E-state index contributed by atoms with van der Waals surface area (Å²) in [4.78, 5) is 12.3. The second-order valence-corrected chi connectivity index (χ2v) is 5.48. The van der Waals surface area contributed by atoms with Crippen LogP contribution in [0.3, 0.4) is 0 Å². The molecular weight excluding hydrogens is 322 g/mol. The average Bonchev–Trinajstić information content (AvgIpc) is 2.62. The number of rotatable bonds is 3. The lowest BCUT2D eigenvalue weighted by atomic mass is 10.1. The molecule has 2 aromatic rings. The van der Waals surface area contributed by atoms with Crippen molar-refractivity contribution in [3.63, 3.8) is 0 Å². The van der Waals surface area contributed by atoms with Crippen LogP contribution in [0.15, 0.2) is 22.7 Å². The van der Waals surface area contributed by atoms with Gasteiger partial charge in [0.15, 0.2) is 0 Å². The molecule has 0 bridgehead atoms. The highest BCUT2D eigenvalue weighted by molar-refractivity contribution is 9.10. The monoisotopic (exact) mass is 337 g/mol. The molecule has 0 saturated carbocycles. The van der Waals surface area contributed by atoms with Gasteiger partial charge in [0.25, 0.3) is 5.91 Å². The summed E-state index contributed by atoms with van der Waals surface area (Å²) >= 11 is 3.39. The number of anilines is 1. The van der Waals surface area contributed by atoms with E-state index >= 15 is 0 Å². The first kappa shape index (κ1) is 14.6. The van der Waals surface area contributed by atoms with Crippen molar-refractivity contribution in [3.05, 3.63) is 39.5 Å². The summed E-state index contributed by atoms with van der Waals surface area (Å²) in [6.07, 6.45) is 0. The molecule has 0 fully saturated rings. The third kappa shape index (κ3) is 2.85. The molecule has 5 nitrogen and oxygen atoms in total. The number of ether oxygens (including phenoxy) is 1. The summed E-state index contributed by atoms with van der Waals surface area (Å²) in [5, 5.41) is 7.08. The summed E-state index contributed by atoms with van der Waals surface area (Å²) in [6.45, 7) is 3.77. The summed E-state index contributed by atoms with van der Waals surface area (Å²) in [5.41, 5.74) is 2.91. The lowest BCUT2D eigenvalue weighted by Crippen LogP contribution is -2.13. The fourth-order valence-electron chi connectivity index (χ4n) is 2.07. The lowest BCUT2D eigenvalue weighted by molar-refractivity contribution is 0.102. The number of carbonyl (C=O) groups is 1. The Bertz CT molecular complexity index is 644. The summed E-state index contributed by atoms with van der Waals surface area (Å²) in [7, 11) is 3.32. The first-order valence-electron chi connectivity index (χ1n) is 6.08. The zero-order chi connectivity index (χ0) is 14.9. The van der Waals surface area contributed by atoms with Crippen molar-refractivity contribution in [2.24, 2.45) is 7.05 Å². The van der Waals surface area contributed by atoms with Gasteiger partial charge in [0.2, 0.25) is 5.88 Å². The Morgan fingerprint density at radius 1 is 1.35 bits per heavy atom. The van der Waals surface area contributed by atoms with E-state index in [1.165, 1.54) is 0 Å². The third-order valence-corrected chi connectivity index (χ3v) is 3.36. The lowest BCUT2D eigenvalue weighted by Gasteiger charge is -2.08. The molecule has 0 radical (unpaired) electrons. The van der Waals surface area contributed by atoms with E-state index in [0.717, 1.165) is 10.0 Å². The summed E-state index contributed by atoms with van der Waals surface area (Å²) < 4.78 is 7.72. The molecule has 20 heavy (non-hydrogen) atoms. The Labute approximate surface area is 126 Å². The Kier molecular flexibility index (Phi) is 4.13. The number of nitrogens with zero attached hydrogens (tertiary/aromatic N) is 2. The maximum atomic E-state index is 12.3. The van der Waals surface area contributed by atoms with Gasteiger partial charge in [-0.05, 0) is 37.6 Å². The number of halogens is 1. The van der Waals surface area contributed by atoms with Crippen molar-refractivity contribution in [1.29, 1.82) is 0 Å². The highest BCUT2D eigenvalue weighted by Gasteiger charge is 2.17. The van der Waals surface area contributed by atoms with Gasteiger partial charge in [-0.15, -0.1) is 0 Å². The number of aryl methyl sites for hydroxylation is 3. The zero-order valence-electron chi connectivity index (χ0n) is 11.8. The van der Waals surface area contributed by atoms with Crippen LogP contribution in [0.5, 0.6) is 5.88 Å². The molecule has 0 saturated heterocycles. The van der Waals surface area contributed by atoms with Gasteiger partial charge in [0, 0.05) is 17.1 Å². The molecule has 1 aromatic carbocycles. The molecule has 0 aliphatic rings. The average molecular weight is 338 g/mol. The largest absolute Gasteiger partial charge is 0.480 e. The van der Waals surface area contributed by atoms with Gasteiger partial charge in [0.05, 0.1) is 12.8 Å². The second-order valence-electron chi connectivity index (χ2n) is 4.56. The van der Waals surface area contributed by atoms with Crippen molar-refractivity contribution >= 4 is 27.5 Å². The van der Waals surface area contributed by atoms with Gasteiger partial charge < -0.3 is 10.1 Å². The van der Waals surface area contributed by atoms with Gasteiger partial charge in [-0.3, -0.25) is 4.79 Å². The topological polar surface area (TPSA) is 56.1 Å². The number of methoxy groups -OCH3 is 1. The number of carbonyl (C=O) groups excluding carboxylic acids is 1. The van der Waals surface area contributed by atoms with Crippen molar-refractivity contribution in [1.82, 2.24) is 9.78 Å². The van der Waals surface area contributed by atoms with Gasteiger partial charge in [0.1, 0.15) is 5.69 Å². The smallest absolute Gasteiger partial charge is 0.255 e. The normalized spacial score (nSPS) is 10.4. The van der Waals surface area contributed by atoms with Crippen LogP contribution in [0, 0.1) is 13.8 Å². The third-order valence-electron chi connectivity index (χ3n) is 2.91. The van der Waals surface area contributed by atoms with Crippen molar-refractivity contribution in [2.75, 3.05) is 12.4 Å². The molecule has 1 N–H and O–H groups in total. The summed E-state index contributed by atoms with van der Waals surface area (Å²) in [6, 6.07) is 5.56. The summed E-state index contributed by atoms with van der Waals surface area (Å²) in [5.74, 6) is 0.339. The van der Waals surface area contributed by atoms with Crippen LogP contribution in [0.1, 0.15) is 21.6 Å². The first-order chi connectivity index (χ1) is 9.42. The molecule has 1 amide bonds. The maximum absolute atomic E-state index is 12.3. The van der Waals surface area contributed by atoms with Crippen LogP contribution >= 0.6 is 15.9 Å². The van der Waals surface area contributed by atoms with E-state index in [1.807, 2.05) is 26.0 Å². The zero-order valence-corrected chi connectivity index (χ0v) is 13.4. The Hall–Kier alpha value is -1.82. The molecular formula is C14H16BrN3O2. The number of benzene rings is 1. The molecule has 0 aliphatic heterocycles. The van der Waals surface area contributed by atoms with E-state index in [1.54, 1.807) is 24.9 Å². The van der Waals surface area contributed by atoms with E-state index < -0.39 is 0 Å². The van der Waals surface area contributed by atoms with Crippen LogP contribution in [-0.2, 0) is 7.05 Å². The molecule has 106 valence electrons. The maximum Gasteiger partial charge on any atom is 0.255 e. The molecule has 2 rings (SSSR count). The molecule has 0 unspecified atom stereocenters. The molecule has 6 heteroatoms. The van der Waals surface area contributed by atoms with Crippen molar-refractivity contribution in [3.8, 4) is 5.88 Å². The second kappa shape index (κ2) is 5.66. The van der Waals surface area contributed by atoms with Gasteiger partial charge >= 0.3 is 0 Å². The van der Waals surface area contributed by atoms with E-state index in [4.69, 9.17) is 4.74 Å². The molecule has 1 aromatic heterocycles. The van der Waals surface area contributed by atoms with Crippen molar-refractivity contribution in [2.45, 2.75) is 13.8 Å². The van der Waals surface area contributed by atoms with Crippen LogP contribution in [-0.4, -0.2) is 22.8 Å². The minimum Gasteiger partial charge on any atom is -0.480 e. The minimum absolute atomic E-state index is 0.191. The highest BCUT2D eigenvalue weighted by Crippen LogP contribution is 2.27. The van der Waals surface area contributed by atoms with E-state index in [-0.39, 0.29) is 5.91 Å². The van der Waals surface area contributed by atoms with Crippen LogP contribution in [0.4, 0.5) is 5.69 Å². The fraction of sp³-hybridized carbons (Fsp3) is 0.286. The van der Waals surface area contributed by atoms with Gasteiger partial charge in [-0.25, -0.2) is 4.68 Å². The van der Waals surface area contributed by atoms with Gasteiger partial charge in [-0.1, -0.05) is 15.9 Å². The quantitative estimate of drug-likeness (QED) is 0.936. The molecule has 0 aliphatic carbocycles. The van der Waals surface area contributed by atoms with Crippen LogP contribution < -0.4 is 10.1 Å². The SMILES string of the molecule is COc1c(NC(=O)c2cc(C)cc(Br)c2)c(C)nn1C. The predicted octanol–water partition coefficient (Wildman–Crippen LogP) is 3.06. The Morgan fingerprint density at radius 2 is 2.05 bits per heavy atom. The number of hydrogen-bond donors (Lipinski definition) is 1. The minimum atomic E-state index is -0.191. The fourth-order valence-corrected chi connectivity index (χ4v) is 2.68.